The predicted molar refractivity (Wildman–Crippen MR) is 124 cm³/mol. The maximum Gasteiger partial charge on any atom is 0.255 e. The van der Waals surface area contributed by atoms with Crippen molar-refractivity contribution in [2.45, 2.75) is 20.3 Å². The topological polar surface area (TPSA) is 45.6 Å². The molecule has 166 valence electrons. The van der Waals surface area contributed by atoms with E-state index >= 15 is 0 Å². The second kappa shape index (κ2) is 9.17. The Morgan fingerprint density at radius 2 is 1.62 bits per heavy atom. The lowest BCUT2D eigenvalue weighted by atomic mass is 10.1. The van der Waals surface area contributed by atoms with Gasteiger partial charge in [-0.1, -0.05) is 36.7 Å². The fraction of sp³-hybridized carbons (Fsp3) is 0.280. The summed E-state index contributed by atoms with van der Waals surface area (Å²) in [4.78, 5) is 29.0. The number of hydrogen-bond acceptors (Lipinski definition) is 2. The van der Waals surface area contributed by atoms with Gasteiger partial charge < -0.3 is 14.4 Å². The van der Waals surface area contributed by atoms with Gasteiger partial charge in [-0.3, -0.25) is 9.59 Å². The summed E-state index contributed by atoms with van der Waals surface area (Å²) in [6.07, 6.45) is 0.466. The molecule has 5 nitrogen and oxygen atoms in total. The van der Waals surface area contributed by atoms with E-state index in [0.717, 1.165) is 17.0 Å². The van der Waals surface area contributed by atoms with Gasteiger partial charge >= 0.3 is 0 Å². The van der Waals surface area contributed by atoms with E-state index in [4.69, 9.17) is 11.6 Å². The summed E-state index contributed by atoms with van der Waals surface area (Å²) < 4.78 is 15.9. The molecule has 0 spiro atoms. The summed E-state index contributed by atoms with van der Waals surface area (Å²) in [6.45, 7) is 5.76. The number of benzene rings is 2. The molecule has 1 saturated heterocycles. The Labute approximate surface area is 192 Å². The Kier molecular flexibility index (Phi) is 6.33. The SMILES string of the molecule is CCC(=O)N1CCN(C(=O)c2cc(-c3ccc(Cl)cc3)n(-c3cccc(F)c3)c2C)CC1. The summed E-state index contributed by atoms with van der Waals surface area (Å²) in [6, 6.07) is 15.5. The van der Waals surface area contributed by atoms with Gasteiger partial charge in [-0.15, -0.1) is 0 Å². The Morgan fingerprint density at radius 1 is 0.969 bits per heavy atom. The van der Waals surface area contributed by atoms with E-state index < -0.39 is 0 Å². The van der Waals surface area contributed by atoms with E-state index in [0.29, 0.717) is 48.9 Å². The minimum absolute atomic E-state index is 0.0866. The smallest absolute Gasteiger partial charge is 0.255 e. The zero-order chi connectivity index (χ0) is 22.8. The number of hydrogen-bond donors (Lipinski definition) is 0. The number of amides is 2. The maximum atomic E-state index is 14.0. The van der Waals surface area contributed by atoms with E-state index in [1.807, 2.05) is 42.7 Å². The normalized spacial score (nSPS) is 14.0. The van der Waals surface area contributed by atoms with Crippen LogP contribution >= 0.6 is 11.6 Å². The average Bonchev–Trinajstić information content (AvgIpc) is 3.15. The fourth-order valence-electron chi connectivity index (χ4n) is 4.16. The minimum atomic E-state index is -0.345. The summed E-state index contributed by atoms with van der Waals surface area (Å²) >= 11 is 6.06. The molecular weight excluding hydrogens is 429 g/mol. The number of carbonyl (C=O) groups is 2. The third kappa shape index (κ3) is 4.28. The van der Waals surface area contributed by atoms with E-state index in [1.165, 1.54) is 12.1 Å². The third-order valence-corrected chi connectivity index (χ3v) is 6.16. The molecule has 4 rings (SSSR count). The predicted octanol–water partition coefficient (Wildman–Crippen LogP) is 4.94. The molecule has 2 aromatic carbocycles. The van der Waals surface area contributed by atoms with E-state index in [-0.39, 0.29) is 17.6 Å². The first-order chi connectivity index (χ1) is 15.4. The molecule has 1 aliphatic rings. The molecule has 7 heteroatoms. The number of halogens is 2. The van der Waals surface area contributed by atoms with Crippen LogP contribution in [0.2, 0.25) is 5.02 Å². The molecule has 0 saturated carbocycles. The van der Waals surface area contributed by atoms with Crippen molar-refractivity contribution in [1.82, 2.24) is 14.4 Å². The van der Waals surface area contributed by atoms with Crippen molar-refractivity contribution in [3.63, 3.8) is 0 Å². The van der Waals surface area contributed by atoms with Gasteiger partial charge in [0.15, 0.2) is 0 Å². The molecule has 0 radical (unpaired) electrons. The molecule has 1 aromatic heterocycles. The molecule has 3 aromatic rings. The highest BCUT2D eigenvalue weighted by atomic mass is 35.5. The standard InChI is InChI=1S/C25H25ClFN3O2/c1-3-24(31)28-11-13-29(14-12-28)25(32)22-16-23(18-7-9-19(26)10-8-18)30(17(22)2)21-6-4-5-20(27)15-21/h4-10,15-16H,3,11-14H2,1-2H3. The van der Waals surface area contributed by atoms with E-state index in [2.05, 4.69) is 0 Å². The van der Waals surface area contributed by atoms with Crippen molar-refractivity contribution in [1.29, 1.82) is 0 Å². The minimum Gasteiger partial charge on any atom is -0.339 e. The van der Waals surface area contributed by atoms with Crippen LogP contribution < -0.4 is 0 Å². The molecule has 0 unspecified atom stereocenters. The lowest BCUT2D eigenvalue weighted by Gasteiger charge is -2.34. The summed E-state index contributed by atoms with van der Waals surface area (Å²) in [5.41, 5.74) is 3.60. The Bertz CT molecular complexity index is 1150. The van der Waals surface area contributed by atoms with Crippen molar-refractivity contribution in [3.8, 4) is 16.9 Å². The van der Waals surface area contributed by atoms with Crippen LogP contribution in [0, 0.1) is 12.7 Å². The highest BCUT2D eigenvalue weighted by Crippen LogP contribution is 2.31. The van der Waals surface area contributed by atoms with Gasteiger partial charge in [-0.25, -0.2) is 4.39 Å². The zero-order valence-corrected chi connectivity index (χ0v) is 18.9. The van der Waals surface area contributed by atoms with Crippen LogP contribution in [0.3, 0.4) is 0 Å². The van der Waals surface area contributed by atoms with E-state index in [1.54, 1.807) is 28.0 Å². The van der Waals surface area contributed by atoms with Crippen LogP contribution in [0.4, 0.5) is 4.39 Å². The zero-order valence-electron chi connectivity index (χ0n) is 18.1. The molecule has 0 bridgehead atoms. The van der Waals surface area contributed by atoms with Crippen molar-refractivity contribution in [3.05, 3.63) is 76.7 Å². The Balaban J connectivity index is 1.72. The summed E-state index contributed by atoms with van der Waals surface area (Å²) in [5, 5.41) is 0.616. The maximum absolute atomic E-state index is 14.0. The van der Waals surface area contributed by atoms with Gasteiger partial charge in [0.05, 0.1) is 11.3 Å². The molecule has 0 N–H and O–H groups in total. The quantitative estimate of drug-likeness (QED) is 0.561. The van der Waals surface area contributed by atoms with E-state index in [9.17, 15) is 14.0 Å². The lowest BCUT2D eigenvalue weighted by molar-refractivity contribution is -0.132. The van der Waals surface area contributed by atoms with Crippen LogP contribution in [0.5, 0.6) is 0 Å². The molecule has 0 atom stereocenters. The van der Waals surface area contributed by atoms with Crippen LogP contribution in [0.1, 0.15) is 29.4 Å². The number of nitrogens with zero attached hydrogens (tertiary/aromatic N) is 3. The van der Waals surface area contributed by atoms with Crippen LogP contribution in [-0.4, -0.2) is 52.4 Å². The van der Waals surface area contributed by atoms with Crippen LogP contribution in [-0.2, 0) is 4.79 Å². The Hall–Kier alpha value is -3.12. The highest BCUT2D eigenvalue weighted by molar-refractivity contribution is 6.30. The van der Waals surface area contributed by atoms with Gasteiger partial charge in [-0.2, -0.15) is 0 Å². The van der Waals surface area contributed by atoms with Gasteiger partial charge in [0.1, 0.15) is 5.82 Å². The number of rotatable bonds is 4. The second-order valence-electron chi connectivity index (χ2n) is 7.88. The third-order valence-electron chi connectivity index (χ3n) is 5.91. The van der Waals surface area contributed by atoms with Gasteiger partial charge in [0.25, 0.3) is 5.91 Å². The molecule has 2 heterocycles. The molecule has 0 aliphatic carbocycles. The lowest BCUT2D eigenvalue weighted by Crippen LogP contribution is -2.50. The monoisotopic (exact) mass is 453 g/mol. The number of piperazine rings is 1. The van der Waals surface area contributed by atoms with Crippen LogP contribution in [0.25, 0.3) is 16.9 Å². The number of carbonyl (C=O) groups excluding carboxylic acids is 2. The van der Waals surface area contributed by atoms with Gasteiger partial charge in [-0.05, 0) is 48.9 Å². The first-order valence-electron chi connectivity index (χ1n) is 10.7. The van der Waals surface area contributed by atoms with Crippen LogP contribution in [0.15, 0.2) is 54.6 Å². The van der Waals surface area contributed by atoms with Crippen molar-refractivity contribution < 1.29 is 14.0 Å². The highest BCUT2D eigenvalue weighted by Gasteiger charge is 2.27. The molecule has 2 amide bonds. The first-order valence-corrected chi connectivity index (χ1v) is 11.1. The summed E-state index contributed by atoms with van der Waals surface area (Å²) in [5.74, 6) is -0.325. The fourth-order valence-corrected chi connectivity index (χ4v) is 4.28. The molecule has 32 heavy (non-hydrogen) atoms. The molecule has 1 aliphatic heterocycles. The number of aromatic nitrogens is 1. The first kappa shape index (κ1) is 22.1. The Morgan fingerprint density at radius 3 is 2.25 bits per heavy atom. The molecular formula is C25H25ClFN3O2. The molecule has 1 fully saturated rings. The van der Waals surface area contributed by atoms with Gasteiger partial charge in [0.2, 0.25) is 5.91 Å². The van der Waals surface area contributed by atoms with Crippen molar-refractivity contribution in [2.75, 3.05) is 26.2 Å². The average molecular weight is 454 g/mol. The van der Waals surface area contributed by atoms with Crippen molar-refractivity contribution in [2.24, 2.45) is 0 Å². The van der Waals surface area contributed by atoms with Crippen molar-refractivity contribution >= 4 is 23.4 Å². The summed E-state index contributed by atoms with van der Waals surface area (Å²) in [7, 11) is 0. The largest absolute Gasteiger partial charge is 0.339 e. The van der Waals surface area contributed by atoms with Gasteiger partial charge in [0, 0.05) is 49.0 Å². The second-order valence-corrected chi connectivity index (χ2v) is 8.31.